The molecule has 3 aromatic rings. The summed E-state index contributed by atoms with van der Waals surface area (Å²) in [6.45, 7) is 3.99. The minimum Gasteiger partial charge on any atom is -0.364 e. The van der Waals surface area contributed by atoms with Gasteiger partial charge in [-0.1, -0.05) is 35.9 Å². The Labute approximate surface area is 116 Å². The zero-order valence-electron chi connectivity index (χ0n) is 11.4. The molecule has 0 spiro atoms. The van der Waals surface area contributed by atoms with Crippen molar-refractivity contribution >= 4 is 11.6 Å². The first kappa shape index (κ1) is 12.4. The average Bonchev–Trinajstić information content (AvgIpc) is 2.78. The number of amides is 1. The van der Waals surface area contributed by atoms with Gasteiger partial charge in [-0.15, -0.1) is 0 Å². The molecule has 0 saturated carbocycles. The zero-order chi connectivity index (χ0) is 14.3. The summed E-state index contributed by atoms with van der Waals surface area (Å²) in [6.07, 6.45) is 1.88. The van der Waals surface area contributed by atoms with Gasteiger partial charge in [-0.25, -0.2) is 4.98 Å². The number of aryl methyl sites for hydroxylation is 2. The second-order valence-electron chi connectivity index (χ2n) is 4.97. The minimum absolute atomic E-state index is 0.424. The van der Waals surface area contributed by atoms with Gasteiger partial charge < -0.3 is 5.73 Å². The van der Waals surface area contributed by atoms with Gasteiger partial charge in [0, 0.05) is 11.8 Å². The van der Waals surface area contributed by atoms with Crippen LogP contribution < -0.4 is 5.73 Å². The van der Waals surface area contributed by atoms with Crippen LogP contribution in [-0.2, 0) is 0 Å². The maximum Gasteiger partial charge on any atom is 0.268 e. The number of rotatable bonds is 2. The molecule has 0 aliphatic carbocycles. The van der Waals surface area contributed by atoms with E-state index in [-0.39, 0.29) is 0 Å². The molecule has 0 bridgehead atoms. The van der Waals surface area contributed by atoms with E-state index in [1.54, 1.807) is 4.40 Å². The van der Waals surface area contributed by atoms with Crippen molar-refractivity contribution in [2.75, 3.05) is 0 Å². The molecule has 20 heavy (non-hydrogen) atoms. The van der Waals surface area contributed by atoms with Crippen LogP contribution >= 0.6 is 0 Å². The molecule has 0 radical (unpaired) electrons. The summed E-state index contributed by atoms with van der Waals surface area (Å²) in [5.74, 6) is -0.473. The Morgan fingerprint density at radius 1 is 1.05 bits per heavy atom. The van der Waals surface area contributed by atoms with E-state index in [1.807, 2.05) is 56.4 Å². The predicted octanol–water partition coefficient (Wildman–Crippen LogP) is 2.72. The summed E-state index contributed by atoms with van der Waals surface area (Å²) in [7, 11) is 0. The Kier molecular flexibility index (Phi) is 2.79. The lowest BCUT2D eigenvalue weighted by Gasteiger charge is -2.02. The highest BCUT2D eigenvalue weighted by atomic mass is 16.1. The molecule has 0 fully saturated rings. The van der Waals surface area contributed by atoms with Crippen LogP contribution in [0.3, 0.4) is 0 Å². The van der Waals surface area contributed by atoms with E-state index >= 15 is 0 Å². The predicted molar refractivity (Wildman–Crippen MR) is 78.6 cm³/mol. The van der Waals surface area contributed by atoms with E-state index in [0.29, 0.717) is 11.4 Å². The highest BCUT2D eigenvalue weighted by molar-refractivity contribution is 5.98. The van der Waals surface area contributed by atoms with Crippen molar-refractivity contribution in [3.63, 3.8) is 0 Å². The fourth-order valence-corrected chi connectivity index (χ4v) is 2.30. The molecule has 2 aromatic heterocycles. The van der Waals surface area contributed by atoms with E-state index in [2.05, 4.69) is 4.98 Å². The van der Waals surface area contributed by atoms with Gasteiger partial charge in [0.05, 0.1) is 0 Å². The van der Waals surface area contributed by atoms with Gasteiger partial charge in [-0.2, -0.15) is 0 Å². The van der Waals surface area contributed by atoms with Crippen molar-refractivity contribution in [3.05, 3.63) is 59.4 Å². The van der Waals surface area contributed by atoms with Crippen LogP contribution in [-0.4, -0.2) is 15.3 Å². The van der Waals surface area contributed by atoms with E-state index in [9.17, 15) is 4.79 Å². The number of pyridine rings is 1. The van der Waals surface area contributed by atoms with Crippen molar-refractivity contribution < 1.29 is 4.79 Å². The number of imidazole rings is 1. The van der Waals surface area contributed by atoms with Gasteiger partial charge >= 0.3 is 0 Å². The van der Waals surface area contributed by atoms with Crippen molar-refractivity contribution in [3.8, 4) is 11.3 Å². The first-order chi connectivity index (χ1) is 9.56. The Balaban J connectivity index is 2.32. The smallest absolute Gasteiger partial charge is 0.268 e. The average molecular weight is 265 g/mol. The quantitative estimate of drug-likeness (QED) is 0.774. The van der Waals surface area contributed by atoms with E-state index in [1.165, 1.54) is 0 Å². The van der Waals surface area contributed by atoms with Gasteiger partial charge in [0.25, 0.3) is 5.91 Å². The van der Waals surface area contributed by atoms with E-state index < -0.39 is 5.91 Å². The molecule has 2 N–H and O–H groups in total. The number of carbonyl (C=O) groups is 1. The molecular weight excluding hydrogens is 250 g/mol. The molecule has 3 rings (SSSR count). The largest absolute Gasteiger partial charge is 0.364 e. The van der Waals surface area contributed by atoms with Gasteiger partial charge in [-0.05, 0) is 25.5 Å². The minimum atomic E-state index is -0.473. The summed E-state index contributed by atoms with van der Waals surface area (Å²) in [5.41, 5.74) is 10.4. The molecule has 0 unspecified atom stereocenters. The normalized spacial score (nSPS) is 10.9. The second-order valence-corrected chi connectivity index (χ2v) is 4.97. The molecule has 0 atom stereocenters. The number of nitrogens with zero attached hydrogens (tertiary/aromatic N) is 2. The maximum absolute atomic E-state index is 11.8. The first-order valence-corrected chi connectivity index (χ1v) is 6.42. The molecule has 0 saturated heterocycles. The van der Waals surface area contributed by atoms with Crippen LogP contribution in [0.4, 0.5) is 0 Å². The van der Waals surface area contributed by atoms with Crippen molar-refractivity contribution in [2.24, 2.45) is 5.73 Å². The van der Waals surface area contributed by atoms with Crippen LogP contribution in [0, 0.1) is 13.8 Å². The van der Waals surface area contributed by atoms with Crippen LogP contribution in [0.1, 0.15) is 21.6 Å². The van der Waals surface area contributed by atoms with Gasteiger partial charge in [0.1, 0.15) is 17.0 Å². The Hall–Kier alpha value is -2.62. The number of aromatic nitrogens is 2. The molecule has 0 aliphatic rings. The molecule has 1 aromatic carbocycles. The van der Waals surface area contributed by atoms with Crippen molar-refractivity contribution in [1.29, 1.82) is 0 Å². The van der Waals surface area contributed by atoms with Crippen LogP contribution in [0.2, 0.25) is 0 Å². The fourth-order valence-electron chi connectivity index (χ4n) is 2.30. The summed E-state index contributed by atoms with van der Waals surface area (Å²) in [6, 6.07) is 11.8. The van der Waals surface area contributed by atoms with Gasteiger partial charge in [0.15, 0.2) is 0 Å². The lowest BCUT2D eigenvalue weighted by atomic mass is 10.1. The third kappa shape index (κ3) is 1.95. The number of fused-ring (bicyclic) bond motifs is 1. The highest BCUT2D eigenvalue weighted by Gasteiger charge is 2.18. The Bertz CT molecular complexity index is 800. The van der Waals surface area contributed by atoms with Crippen molar-refractivity contribution in [2.45, 2.75) is 13.8 Å². The summed E-state index contributed by atoms with van der Waals surface area (Å²) in [4.78, 5) is 16.3. The van der Waals surface area contributed by atoms with Gasteiger partial charge in [-0.3, -0.25) is 9.20 Å². The molecule has 0 aliphatic heterocycles. The molecule has 100 valence electrons. The first-order valence-electron chi connectivity index (χ1n) is 6.42. The SMILES string of the molecule is Cc1ccc(-c2nc3ccc(C)cn3c2C(N)=O)cc1. The third-order valence-corrected chi connectivity index (χ3v) is 3.32. The topological polar surface area (TPSA) is 60.4 Å². The molecule has 4 heteroatoms. The lowest BCUT2D eigenvalue weighted by Crippen LogP contribution is -2.15. The summed E-state index contributed by atoms with van der Waals surface area (Å²) >= 11 is 0. The zero-order valence-corrected chi connectivity index (χ0v) is 11.4. The third-order valence-electron chi connectivity index (χ3n) is 3.32. The monoisotopic (exact) mass is 265 g/mol. The highest BCUT2D eigenvalue weighted by Crippen LogP contribution is 2.25. The summed E-state index contributed by atoms with van der Waals surface area (Å²) < 4.78 is 1.76. The number of primary amides is 1. The Morgan fingerprint density at radius 2 is 1.70 bits per heavy atom. The maximum atomic E-state index is 11.8. The van der Waals surface area contributed by atoms with Gasteiger partial charge in [0.2, 0.25) is 0 Å². The number of nitrogens with two attached hydrogens (primary N) is 1. The fraction of sp³-hybridized carbons (Fsp3) is 0.125. The molecule has 1 amide bonds. The lowest BCUT2D eigenvalue weighted by molar-refractivity contribution is 0.0995. The van der Waals surface area contributed by atoms with Crippen LogP contribution in [0.15, 0.2) is 42.6 Å². The van der Waals surface area contributed by atoms with Crippen LogP contribution in [0.5, 0.6) is 0 Å². The van der Waals surface area contributed by atoms with E-state index in [4.69, 9.17) is 5.73 Å². The van der Waals surface area contributed by atoms with Crippen molar-refractivity contribution in [1.82, 2.24) is 9.38 Å². The number of benzene rings is 1. The standard InChI is InChI=1S/C16H15N3O/c1-10-3-6-12(7-4-10)14-15(16(17)20)19-9-11(2)5-8-13(19)18-14/h3-9H,1-2H3,(H2,17,20). The second kappa shape index (κ2) is 4.49. The number of carbonyl (C=O) groups excluding carboxylic acids is 1. The van der Waals surface area contributed by atoms with Crippen LogP contribution in [0.25, 0.3) is 16.9 Å². The number of hydrogen-bond acceptors (Lipinski definition) is 2. The molecule has 4 nitrogen and oxygen atoms in total. The summed E-state index contributed by atoms with van der Waals surface area (Å²) in [5, 5.41) is 0. The van der Waals surface area contributed by atoms with E-state index in [0.717, 1.165) is 22.3 Å². The molecular formula is C16H15N3O. The Morgan fingerprint density at radius 3 is 2.35 bits per heavy atom. The number of hydrogen-bond donors (Lipinski definition) is 1. The molecule has 2 heterocycles.